The molecule has 0 spiro atoms. The molecule has 0 radical (unpaired) electrons. The van der Waals surface area contributed by atoms with Crippen molar-refractivity contribution in [1.29, 1.82) is 0 Å². The lowest BCUT2D eigenvalue weighted by Crippen LogP contribution is -2.34. The number of carbonyl (C=O) groups is 2. The van der Waals surface area contributed by atoms with Crippen molar-refractivity contribution in [3.05, 3.63) is 101 Å². The maximum atomic E-state index is 13.4. The SMILES string of the molecule is CC(C)(C)c1ccc(Oc2ccc3cc(C(=O)N[C@H](C(=O)O)c4ccc(C(F)(F)F)cc4)nc(CC4CCCC4)c3c2)cc1. The lowest BCUT2D eigenvalue weighted by Gasteiger charge is -2.19. The number of benzene rings is 3. The van der Waals surface area contributed by atoms with Crippen LogP contribution in [0.1, 0.15) is 85.4 Å². The minimum absolute atomic E-state index is 0.0168. The second kappa shape index (κ2) is 12.3. The van der Waals surface area contributed by atoms with Crippen molar-refractivity contribution in [2.75, 3.05) is 0 Å². The first-order valence-corrected chi connectivity index (χ1v) is 14.7. The molecule has 1 aliphatic rings. The zero-order valence-electron chi connectivity index (χ0n) is 24.9. The van der Waals surface area contributed by atoms with E-state index in [-0.39, 0.29) is 16.7 Å². The van der Waals surface area contributed by atoms with Crippen LogP contribution in [-0.2, 0) is 22.8 Å². The Morgan fingerprint density at radius 1 is 0.909 bits per heavy atom. The predicted octanol–water partition coefficient (Wildman–Crippen LogP) is 8.63. The van der Waals surface area contributed by atoms with Gasteiger partial charge in [-0.3, -0.25) is 4.79 Å². The quantitative estimate of drug-likeness (QED) is 0.210. The van der Waals surface area contributed by atoms with Crippen molar-refractivity contribution in [2.24, 2.45) is 5.92 Å². The summed E-state index contributed by atoms with van der Waals surface area (Å²) in [5.41, 5.74) is 1.08. The number of carboxylic acid groups (broad SMARTS) is 1. The van der Waals surface area contributed by atoms with E-state index >= 15 is 0 Å². The van der Waals surface area contributed by atoms with E-state index in [9.17, 15) is 27.9 Å². The van der Waals surface area contributed by atoms with E-state index in [0.717, 1.165) is 66.4 Å². The van der Waals surface area contributed by atoms with Crippen LogP contribution in [-0.4, -0.2) is 22.0 Å². The number of carbonyl (C=O) groups excluding carboxylic acids is 1. The standard InChI is InChI=1S/C35H35F3N2O4/c1-34(2,3)24-13-16-26(17-14-24)44-27-15-10-23-19-30(39-29(28(23)20-27)18-21-6-4-5-7-21)32(41)40-31(33(42)43)22-8-11-25(12-9-22)35(36,37)38/h8-17,19-21,31H,4-7,18H2,1-3H3,(H,40,41)(H,42,43)/t31-/m0/s1. The summed E-state index contributed by atoms with van der Waals surface area (Å²) in [5.74, 6) is -0.395. The summed E-state index contributed by atoms with van der Waals surface area (Å²) in [6.45, 7) is 6.45. The number of nitrogens with zero attached hydrogens (tertiary/aromatic N) is 1. The number of ether oxygens (including phenoxy) is 1. The first-order chi connectivity index (χ1) is 20.8. The molecule has 1 aliphatic carbocycles. The van der Waals surface area contributed by atoms with E-state index in [1.54, 1.807) is 6.07 Å². The number of fused-ring (bicyclic) bond motifs is 1. The monoisotopic (exact) mass is 604 g/mol. The molecule has 1 amide bonds. The third kappa shape index (κ3) is 7.21. The number of aromatic nitrogens is 1. The fourth-order valence-electron chi connectivity index (χ4n) is 5.64. The van der Waals surface area contributed by atoms with Crippen LogP contribution < -0.4 is 10.1 Å². The van der Waals surface area contributed by atoms with E-state index in [0.29, 0.717) is 23.8 Å². The number of rotatable bonds is 8. The van der Waals surface area contributed by atoms with Gasteiger partial charge in [0, 0.05) is 11.1 Å². The van der Waals surface area contributed by atoms with E-state index in [1.807, 2.05) is 42.5 Å². The molecule has 1 saturated carbocycles. The zero-order chi connectivity index (χ0) is 31.6. The number of amides is 1. The number of alkyl halides is 3. The van der Waals surface area contributed by atoms with Crippen molar-refractivity contribution >= 4 is 22.6 Å². The largest absolute Gasteiger partial charge is 0.479 e. The molecule has 1 atom stereocenters. The lowest BCUT2D eigenvalue weighted by atomic mass is 9.87. The number of nitrogens with one attached hydrogen (secondary N) is 1. The maximum absolute atomic E-state index is 13.4. The minimum Gasteiger partial charge on any atom is -0.479 e. The second-order valence-corrected chi connectivity index (χ2v) is 12.4. The molecule has 9 heteroatoms. The molecule has 4 aromatic rings. The predicted molar refractivity (Wildman–Crippen MR) is 162 cm³/mol. The van der Waals surface area contributed by atoms with Crippen molar-refractivity contribution in [3.8, 4) is 11.5 Å². The average molecular weight is 605 g/mol. The van der Waals surface area contributed by atoms with Crippen LogP contribution in [0, 0.1) is 5.92 Å². The van der Waals surface area contributed by atoms with Gasteiger partial charge in [0.25, 0.3) is 5.91 Å². The van der Waals surface area contributed by atoms with Gasteiger partial charge in [0.2, 0.25) is 0 Å². The molecule has 0 bridgehead atoms. The van der Waals surface area contributed by atoms with Crippen molar-refractivity contribution in [2.45, 2.75) is 70.5 Å². The van der Waals surface area contributed by atoms with Gasteiger partial charge in [-0.2, -0.15) is 13.2 Å². The molecule has 1 aromatic heterocycles. The highest BCUT2D eigenvalue weighted by Gasteiger charge is 2.31. The summed E-state index contributed by atoms with van der Waals surface area (Å²) in [6, 6.07) is 17.3. The molecule has 44 heavy (non-hydrogen) atoms. The van der Waals surface area contributed by atoms with Crippen LogP contribution in [0.25, 0.3) is 10.8 Å². The molecule has 0 unspecified atom stereocenters. The van der Waals surface area contributed by atoms with Crippen molar-refractivity contribution in [1.82, 2.24) is 10.3 Å². The summed E-state index contributed by atoms with van der Waals surface area (Å²) in [7, 11) is 0. The lowest BCUT2D eigenvalue weighted by molar-refractivity contribution is -0.139. The summed E-state index contributed by atoms with van der Waals surface area (Å²) >= 11 is 0. The van der Waals surface area contributed by atoms with Crippen LogP contribution >= 0.6 is 0 Å². The van der Waals surface area contributed by atoms with Crippen LogP contribution in [0.4, 0.5) is 13.2 Å². The first kappa shape index (κ1) is 31.0. The average Bonchev–Trinajstić information content (AvgIpc) is 3.48. The summed E-state index contributed by atoms with van der Waals surface area (Å²) in [6.07, 6.45) is 0.482. The van der Waals surface area contributed by atoms with Crippen LogP contribution in [0.2, 0.25) is 0 Å². The Labute approximate surface area is 254 Å². The Bertz CT molecular complexity index is 1650. The Balaban J connectivity index is 1.44. The summed E-state index contributed by atoms with van der Waals surface area (Å²) < 4.78 is 45.2. The normalized spacial score (nSPS) is 14.9. The highest BCUT2D eigenvalue weighted by molar-refractivity contribution is 5.99. The van der Waals surface area contributed by atoms with Gasteiger partial charge in [-0.1, -0.05) is 76.8 Å². The molecule has 6 nitrogen and oxygen atoms in total. The highest BCUT2D eigenvalue weighted by atomic mass is 19.4. The molecule has 0 aliphatic heterocycles. The van der Waals surface area contributed by atoms with Gasteiger partial charge in [-0.25, -0.2) is 9.78 Å². The molecule has 0 saturated heterocycles. The van der Waals surface area contributed by atoms with Crippen LogP contribution in [0.15, 0.2) is 72.8 Å². The van der Waals surface area contributed by atoms with Gasteiger partial charge in [0.15, 0.2) is 6.04 Å². The van der Waals surface area contributed by atoms with Gasteiger partial charge in [0.05, 0.1) is 5.56 Å². The minimum atomic E-state index is -4.56. The molecular weight excluding hydrogens is 569 g/mol. The fourth-order valence-corrected chi connectivity index (χ4v) is 5.64. The molecular formula is C35H35F3N2O4. The second-order valence-electron chi connectivity index (χ2n) is 12.4. The molecule has 1 fully saturated rings. The number of halogens is 3. The Kier molecular flexibility index (Phi) is 8.68. The zero-order valence-corrected chi connectivity index (χ0v) is 24.9. The molecule has 230 valence electrons. The maximum Gasteiger partial charge on any atom is 0.416 e. The first-order valence-electron chi connectivity index (χ1n) is 14.7. The van der Waals surface area contributed by atoms with E-state index < -0.39 is 29.7 Å². The summed E-state index contributed by atoms with van der Waals surface area (Å²) in [4.78, 5) is 30.1. The van der Waals surface area contributed by atoms with E-state index in [4.69, 9.17) is 9.72 Å². The van der Waals surface area contributed by atoms with Gasteiger partial charge in [-0.05, 0) is 76.7 Å². The van der Waals surface area contributed by atoms with Crippen molar-refractivity contribution < 1.29 is 32.6 Å². The van der Waals surface area contributed by atoms with Gasteiger partial charge < -0.3 is 15.2 Å². The smallest absolute Gasteiger partial charge is 0.416 e. The molecule has 3 aromatic carbocycles. The van der Waals surface area contributed by atoms with Crippen molar-refractivity contribution in [3.63, 3.8) is 0 Å². The number of aliphatic carboxylic acids is 1. The number of pyridine rings is 1. The third-order valence-electron chi connectivity index (χ3n) is 8.12. The molecule has 2 N–H and O–H groups in total. The summed E-state index contributed by atoms with van der Waals surface area (Å²) in [5, 5.41) is 13.8. The van der Waals surface area contributed by atoms with Crippen LogP contribution in [0.5, 0.6) is 11.5 Å². The van der Waals surface area contributed by atoms with Crippen LogP contribution in [0.3, 0.4) is 0 Å². The topological polar surface area (TPSA) is 88.5 Å². The Morgan fingerprint density at radius 2 is 1.52 bits per heavy atom. The highest BCUT2D eigenvalue weighted by Crippen LogP contribution is 2.34. The van der Waals surface area contributed by atoms with E-state index in [2.05, 4.69) is 26.1 Å². The Morgan fingerprint density at radius 3 is 2.11 bits per heavy atom. The van der Waals surface area contributed by atoms with Gasteiger partial charge >= 0.3 is 12.1 Å². The molecule has 5 rings (SSSR count). The number of carboxylic acids is 1. The third-order valence-corrected chi connectivity index (χ3v) is 8.12. The number of hydrogen-bond acceptors (Lipinski definition) is 4. The number of hydrogen-bond donors (Lipinski definition) is 2. The molecule has 1 heterocycles. The van der Waals surface area contributed by atoms with Gasteiger partial charge in [-0.15, -0.1) is 0 Å². The van der Waals surface area contributed by atoms with E-state index in [1.165, 1.54) is 5.56 Å². The fraction of sp³-hybridized carbons (Fsp3) is 0.343. The Hall–Kier alpha value is -4.40. The van der Waals surface area contributed by atoms with Gasteiger partial charge in [0.1, 0.15) is 17.2 Å².